The van der Waals surface area contributed by atoms with Gasteiger partial charge in [0.2, 0.25) is 0 Å². The molecule has 0 atom stereocenters. The first-order chi connectivity index (χ1) is 11.3. The summed E-state index contributed by atoms with van der Waals surface area (Å²) in [5, 5.41) is 0. The normalized spacial score (nSPS) is 15.6. The smallest absolute Gasteiger partial charge is 0.185 e. The summed E-state index contributed by atoms with van der Waals surface area (Å²) in [6, 6.07) is 11.4. The zero-order valence-corrected chi connectivity index (χ0v) is 12.9. The fourth-order valence-corrected chi connectivity index (χ4v) is 2.43. The Bertz CT molecular complexity index is 678. The van der Waals surface area contributed by atoms with Crippen molar-refractivity contribution in [3.8, 4) is 0 Å². The van der Waals surface area contributed by atoms with Crippen LogP contribution in [-0.2, 0) is 4.74 Å². The van der Waals surface area contributed by atoms with Gasteiger partial charge in [0.05, 0.1) is 19.5 Å². The fourth-order valence-electron chi connectivity index (χ4n) is 2.43. The van der Waals surface area contributed by atoms with Crippen LogP contribution < -0.4 is 4.90 Å². The van der Waals surface area contributed by atoms with Crippen LogP contribution in [0.15, 0.2) is 65.3 Å². The summed E-state index contributed by atoms with van der Waals surface area (Å²) < 4.78 is 10.5. The highest BCUT2D eigenvalue weighted by molar-refractivity contribution is 6.04. The minimum atomic E-state index is -0.0115. The van der Waals surface area contributed by atoms with E-state index in [0.717, 1.165) is 37.8 Å². The van der Waals surface area contributed by atoms with Crippen molar-refractivity contribution in [2.24, 2.45) is 0 Å². The molecular weight excluding hydrogens is 290 g/mol. The Balaban J connectivity index is 1.58. The summed E-state index contributed by atoms with van der Waals surface area (Å²) in [6.07, 6.45) is 8.50. The monoisotopic (exact) mass is 309 g/mol. The second-order valence-corrected chi connectivity index (χ2v) is 5.24. The van der Waals surface area contributed by atoms with E-state index >= 15 is 0 Å². The van der Waals surface area contributed by atoms with E-state index in [0.29, 0.717) is 5.56 Å². The molecule has 0 bridgehead atoms. The zero-order chi connectivity index (χ0) is 15.9. The van der Waals surface area contributed by atoms with Crippen LogP contribution in [0.2, 0.25) is 0 Å². The lowest BCUT2D eigenvalue weighted by Gasteiger charge is -2.28. The van der Waals surface area contributed by atoms with Gasteiger partial charge in [-0.1, -0.05) is 12.2 Å². The minimum absolute atomic E-state index is 0.0115. The lowest BCUT2D eigenvalue weighted by molar-refractivity contribution is 0.104. The van der Waals surface area contributed by atoms with E-state index in [9.17, 15) is 4.79 Å². The lowest BCUT2D eigenvalue weighted by atomic mass is 10.1. The summed E-state index contributed by atoms with van der Waals surface area (Å²) in [5.74, 6) is 0.750. The van der Waals surface area contributed by atoms with Crippen LogP contribution in [0.25, 0.3) is 6.08 Å². The van der Waals surface area contributed by atoms with Crippen molar-refractivity contribution in [1.29, 1.82) is 0 Å². The van der Waals surface area contributed by atoms with Crippen molar-refractivity contribution in [1.82, 2.24) is 0 Å². The molecule has 0 spiro atoms. The quantitative estimate of drug-likeness (QED) is 0.481. The van der Waals surface area contributed by atoms with Crippen LogP contribution in [0.4, 0.5) is 5.69 Å². The van der Waals surface area contributed by atoms with Gasteiger partial charge < -0.3 is 14.1 Å². The fraction of sp³-hybridized carbons (Fsp3) is 0.211. The number of allylic oxidation sites excluding steroid dienone is 3. The number of ketones is 1. The predicted octanol–water partition coefficient (Wildman–Crippen LogP) is 3.57. The van der Waals surface area contributed by atoms with Crippen LogP contribution in [0.3, 0.4) is 0 Å². The number of rotatable bonds is 5. The number of hydrogen-bond acceptors (Lipinski definition) is 4. The summed E-state index contributed by atoms with van der Waals surface area (Å²) in [7, 11) is 0. The van der Waals surface area contributed by atoms with Crippen LogP contribution in [0.5, 0.6) is 0 Å². The van der Waals surface area contributed by atoms with Gasteiger partial charge in [-0.25, -0.2) is 0 Å². The number of anilines is 1. The van der Waals surface area contributed by atoms with E-state index in [1.54, 1.807) is 24.5 Å². The molecule has 1 aromatic carbocycles. The number of benzene rings is 1. The molecule has 4 nitrogen and oxygen atoms in total. The molecule has 0 radical (unpaired) electrons. The first kappa shape index (κ1) is 15.3. The Kier molecular flexibility index (Phi) is 5.06. The zero-order valence-electron chi connectivity index (χ0n) is 12.9. The maximum absolute atomic E-state index is 12.1. The molecule has 0 aliphatic carbocycles. The van der Waals surface area contributed by atoms with Gasteiger partial charge in [-0.3, -0.25) is 4.79 Å². The van der Waals surface area contributed by atoms with Crippen molar-refractivity contribution < 1.29 is 13.9 Å². The molecule has 1 aliphatic heterocycles. The van der Waals surface area contributed by atoms with Gasteiger partial charge in [0.15, 0.2) is 5.78 Å². The molecule has 0 amide bonds. The van der Waals surface area contributed by atoms with Crippen molar-refractivity contribution >= 4 is 17.5 Å². The molecule has 118 valence electrons. The number of ether oxygens (including phenoxy) is 1. The molecule has 0 saturated carbocycles. The molecule has 2 heterocycles. The third-order valence-electron chi connectivity index (χ3n) is 3.69. The number of morpholine rings is 1. The van der Waals surface area contributed by atoms with Crippen molar-refractivity contribution in [3.63, 3.8) is 0 Å². The largest absolute Gasteiger partial charge is 0.465 e. The summed E-state index contributed by atoms with van der Waals surface area (Å²) >= 11 is 0. The highest BCUT2D eigenvalue weighted by Crippen LogP contribution is 2.17. The molecule has 0 unspecified atom stereocenters. The van der Waals surface area contributed by atoms with E-state index in [1.165, 1.54) is 0 Å². The molecule has 1 aromatic heterocycles. The Morgan fingerprint density at radius 3 is 2.52 bits per heavy atom. The van der Waals surface area contributed by atoms with Crippen LogP contribution in [0.1, 0.15) is 16.1 Å². The number of nitrogens with zero attached hydrogens (tertiary/aromatic N) is 1. The van der Waals surface area contributed by atoms with Crippen molar-refractivity contribution in [3.05, 3.63) is 72.2 Å². The molecule has 23 heavy (non-hydrogen) atoms. The average molecular weight is 309 g/mol. The second-order valence-electron chi connectivity index (χ2n) is 5.24. The third-order valence-corrected chi connectivity index (χ3v) is 3.69. The van der Waals surface area contributed by atoms with E-state index in [1.807, 2.05) is 42.5 Å². The van der Waals surface area contributed by atoms with Crippen LogP contribution >= 0.6 is 0 Å². The topological polar surface area (TPSA) is 42.7 Å². The Labute approximate surface area is 135 Å². The molecule has 3 rings (SSSR count). The van der Waals surface area contributed by atoms with Crippen molar-refractivity contribution in [2.45, 2.75) is 0 Å². The predicted molar refractivity (Wildman–Crippen MR) is 90.7 cm³/mol. The van der Waals surface area contributed by atoms with E-state index in [-0.39, 0.29) is 5.78 Å². The molecule has 1 saturated heterocycles. The number of hydrogen-bond donors (Lipinski definition) is 0. The van der Waals surface area contributed by atoms with E-state index < -0.39 is 0 Å². The first-order valence-electron chi connectivity index (χ1n) is 7.68. The SMILES string of the molecule is O=C(C=CC=Cc1ccco1)c1ccc(N2CCOCC2)cc1. The Morgan fingerprint density at radius 2 is 1.83 bits per heavy atom. The highest BCUT2D eigenvalue weighted by atomic mass is 16.5. The van der Waals surface area contributed by atoms with Gasteiger partial charge in [-0.15, -0.1) is 0 Å². The summed E-state index contributed by atoms with van der Waals surface area (Å²) in [5.41, 5.74) is 1.82. The second kappa shape index (κ2) is 7.61. The van der Waals surface area contributed by atoms with E-state index in [2.05, 4.69) is 4.90 Å². The van der Waals surface area contributed by atoms with Crippen molar-refractivity contribution in [2.75, 3.05) is 31.2 Å². The Hall–Kier alpha value is -2.59. The Morgan fingerprint density at radius 1 is 1.04 bits per heavy atom. The summed E-state index contributed by atoms with van der Waals surface area (Å²) in [4.78, 5) is 14.4. The van der Waals surface area contributed by atoms with Crippen LogP contribution in [-0.4, -0.2) is 32.1 Å². The molecule has 0 N–H and O–H groups in total. The van der Waals surface area contributed by atoms with Gasteiger partial charge in [-0.2, -0.15) is 0 Å². The van der Waals surface area contributed by atoms with Gasteiger partial charge in [0.25, 0.3) is 0 Å². The molecular formula is C19H19NO3. The maximum atomic E-state index is 12.1. The number of furan rings is 1. The number of carbonyl (C=O) groups excluding carboxylic acids is 1. The first-order valence-corrected chi connectivity index (χ1v) is 7.68. The number of carbonyl (C=O) groups is 1. The van der Waals surface area contributed by atoms with Crippen LogP contribution in [0, 0.1) is 0 Å². The standard InChI is InChI=1S/C19H19NO3/c21-19(6-2-1-4-18-5-3-13-23-18)16-7-9-17(10-8-16)20-11-14-22-15-12-20/h1-10,13H,11-12,14-15H2. The maximum Gasteiger partial charge on any atom is 0.185 e. The summed E-state index contributed by atoms with van der Waals surface area (Å²) in [6.45, 7) is 3.30. The average Bonchev–Trinajstić information content (AvgIpc) is 3.13. The molecule has 1 fully saturated rings. The molecule has 1 aliphatic rings. The molecule has 4 heteroatoms. The van der Waals surface area contributed by atoms with E-state index in [4.69, 9.17) is 9.15 Å². The third kappa shape index (κ3) is 4.20. The van der Waals surface area contributed by atoms with Gasteiger partial charge in [0.1, 0.15) is 5.76 Å². The highest BCUT2D eigenvalue weighted by Gasteiger charge is 2.11. The molecule has 2 aromatic rings. The minimum Gasteiger partial charge on any atom is -0.465 e. The van der Waals surface area contributed by atoms with Gasteiger partial charge >= 0.3 is 0 Å². The van der Waals surface area contributed by atoms with Gasteiger partial charge in [0, 0.05) is 24.3 Å². The lowest BCUT2D eigenvalue weighted by Crippen LogP contribution is -2.36. The van der Waals surface area contributed by atoms with Gasteiger partial charge in [-0.05, 0) is 48.6 Å².